The molecule has 1 rings (SSSR count). The second-order valence-electron chi connectivity index (χ2n) is 4.59. The molecule has 0 saturated carbocycles. The highest BCUT2D eigenvalue weighted by Crippen LogP contribution is 2.25. The maximum atomic E-state index is 5.98. The van der Waals surface area contributed by atoms with Crippen LogP contribution in [0.1, 0.15) is 31.0 Å². The lowest BCUT2D eigenvalue weighted by atomic mass is 10.0. The van der Waals surface area contributed by atoms with Gasteiger partial charge in [-0.1, -0.05) is 35.0 Å². The van der Waals surface area contributed by atoms with Crippen LogP contribution in [-0.4, -0.2) is 37.7 Å². The molecule has 108 valence electrons. The molecule has 0 aromatic heterocycles. The smallest absolute Gasteiger partial charge is 0.0593 e. The molecule has 1 aromatic carbocycles. The van der Waals surface area contributed by atoms with Crippen LogP contribution in [0, 0.1) is 6.92 Å². The molecule has 1 unspecified atom stereocenters. The number of nitrogens with two attached hydrogens (primary N) is 1. The molecule has 19 heavy (non-hydrogen) atoms. The Morgan fingerprint density at radius 3 is 2.63 bits per heavy atom. The van der Waals surface area contributed by atoms with Gasteiger partial charge in [0.2, 0.25) is 0 Å². The molecule has 0 aliphatic carbocycles. The van der Waals surface area contributed by atoms with Crippen LogP contribution < -0.4 is 5.73 Å². The first-order valence-electron chi connectivity index (χ1n) is 6.91. The van der Waals surface area contributed by atoms with Crippen molar-refractivity contribution >= 4 is 15.9 Å². The zero-order valence-corrected chi connectivity index (χ0v) is 13.7. The normalized spacial score (nSPS) is 12.9. The van der Waals surface area contributed by atoms with E-state index in [2.05, 4.69) is 52.9 Å². The van der Waals surface area contributed by atoms with Crippen molar-refractivity contribution in [2.45, 2.75) is 26.8 Å². The third-order valence-corrected chi connectivity index (χ3v) is 4.23. The van der Waals surface area contributed by atoms with Crippen molar-refractivity contribution in [3.63, 3.8) is 0 Å². The second-order valence-corrected chi connectivity index (χ2v) is 5.44. The Balaban J connectivity index is 2.80. The summed E-state index contributed by atoms with van der Waals surface area (Å²) in [7, 11) is 0. The molecular formula is C15H25BrN2O. The molecule has 0 aliphatic rings. The average molecular weight is 329 g/mol. The standard InChI is InChI=1S/C15H25BrN2O/c1-4-18(8-9-19-5-2)15(11-17)13-7-6-12(3)14(16)10-13/h6-7,10,15H,4-5,8-9,11,17H2,1-3H3. The van der Waals surface area contributed by atoms with Gasteiger partial charge in [0, 0.05) is 30.2 Å². The summed E-state index contributed by atoms with van der Waals surface area (Å²) >= 11 is 3.59. The average Bonchev–Trinajstić information content (AvgIpc) is 2.41. The first-order valence-corrected chi connectivity index (χ1v) is 7.71. The maximum absolute atomic E-state index is 5.98. The predicted molar refractivity (Wildman–Crippen MR) is 84.4 cm³/mol. The molecule has 0 aliphatic heterocycles. The van der Waals surface area contributed by atoms with Crippen molar-refractivity contribution < 1.29 is 4.74 Å². The minimum absolute atomic E-state index is 0.252. The molecule has 0 fully saturated rings. The number of aryl methyl sites for hydroxylation is 1. The Hall–Kier alpha value is -0.420. The third kappa shape index (κ3) is 4.88. The summed E-state index contributed by atoms with van der Waals surface area (Å²) in [4.78, 5) is 2.37. The lowest BCUT2D eigenvalue weighted by Crippen LogP contribution is -2.36. The highest BCUT2D eigenvalue weighted by Gasteiger charge is 2.17. The van der Waals surface area contributed by atoms with Crippen molar-refractivity contribution in [1.29, 1.82) is 0 Å². The van der Waals surface area contributed by atoms with Gasteiger partial charge in [0.15, 0.2) is 0 Å². The number of benzene rings is 1. The molecule has 0 amide bonds. The number of rotatable bonds is 8. The minimum Gasteiger partial charge on any atom is -0.380 e. The lowest BCUT2D eigenvalue weighted by Gasteiger charge is -2.30. The first-order chi connectivity index (χ1) is 9.13. The van der Waals surface area contributed by atoms with Crippen molar-refractivity contribution in [1.82, 2.24) is 4.90 Å². The lowest BCUT2D eigenvalue weighted by molar-refractivity contribution is 0.0980. The Labute approximate surface area is 125 Å². The number of nitrogens with zero attached hydrogens (tertiary/aromatic N) is 1. The summed E-state index contributed by atoms with van der Waals surface area (Å²) in [5.41, 5.74) is 8.49. The summed E-state index contributed by atoms with van der Waals surface area (Å²) in [5.74, 6) is 0. The van der Waals surface area contributed by atoms with E-state index in [1.165, 1.54) is 11.1 Å². The molecular weight excluding hydrogens is 304 g/mol. The number of likely N-dealkylation sites (N-methyl/N-ethyl adjacent to an activating group) is 1. The fraction of sp³-hybridized carbons (Fsp3) is 0.600. The van der Waals surface area contributed by atoms with E-state index in [-0.39, 0.29) is 6.04 Å². The van der Waals surface area contributed by atoms with Crippen LogP contribution >= 0.6 is 15.9 Å². The van der Waals surface area contributed by atoms with Crippen molar-refractivity contribution in [3.8, 4) is 0 Å². The van der Waals surface area contributed by atoms with Gasteiger partial charge in [-0.05, 0) is 37.6 Å². The zero-order chi connectivity index (χ0) is 14.3. The van der Waals surface area contributed by atoms with E-state index >= 15 is 0 Å². The molecule has 0 radical (unpaired) electrons. The second kappa shape index (κ2) is 8.69. The van der Waals surface area contributed by atoms with Crippen LogP contribution in [0.25, 0.3) is 0 Å². The number of hydrogen-bond acceptors (Lipinski definition) is 3. The van der Waals surface area contributed by atoms with Crippen molar-refractivity contribution in [2.24, 2.45) is 5.73 Å². The number of halogens is 1. The molecule has 0 spiro atoms. The van der Waals surface area contributed by atoms with Gasteiger partial charge in [-0.25, -0.2) is 0 Å². The zero-order valence-electron chi connectivity index (χ0n) is 12.2. The van der Waals surface area contributed by atoms with Crippen LogP contribution in [-0.2, 0) is 4.74 Å². The van der Waals surface area contributed by atoms with E-state index in [1.807, 2.05) is 6.92 Å². The summed E-state index contributed by atoms with van der Waals surface area (Å²) < 4.78 is 6.59. The molecule has 4 heteroatoms. The summed E-state index contributed by atoms with van der Waals surface area (Å²) in [6.45, 7) is 10.3. The van der Waals surface area contributed by atoms with Gasteiger partial charge < -0.3 is 10.5 Å². The monoisotopic (exact) mass is 328 g/mol. The van der Waals surface area contributed by atoms with Gasteiger partial charge in [-0.3, -0.25) is 4.90 Å². The van der Waals surface area contributed by atoms with Crippen LogP contribution in [0.5, 0.6) is 0 Å². The molecule has 0 bridgehead atoms. The van der Waals surface area contributed by atoms with Crippen molar-refractivity contribution in [3.05, 3.63) is 33.8 Å². The van der Waals surface area contributed by atoms with E-state index in [0.29, 0.717) is 6.54 Å². The third-order valence-electron chi connectivity index (χ3n) is 3.38. The SMILES string of the molecule is CCOCCN(CC)C(CN)c1ccc(C)c(Br)c1. The van der Waals surface area contributed by atoms with Gasteiger partial charge >= 0.3 is 0 Å². The quantitative estimate of drug-likeness (QED) is 0.745. The highest BCUT2D eigenvalue weighted by atomic mass is 79.9. The van der Waals surface area contributed by atoms with Crippen LogP contribution in [0.3, 0.4) is 0 Å². The van der Waals surface area contributed by atoms with Gasteiger partial charge in [-0.15, -0.1) is 0 Å². The fourth-order valence-electron chi connectivity index (χ4n) is 2.17. The van der Waals surface area contributed by atoms with Crippen LogP contribution in [0.15, 0.2) is 22.7 Å². The van der Waals surface area contributed by atoms with Gasteiger partial charge in [0.05, 0.1) is 6.61 Å². The Kier molecular flexibility index (Phi) is 7.61. The topological polar surface area (TPSA) is 38.5 Å². The molecule has 1 aromatic rings. The summed E-state index contributed by atoms with van der Waals surface area (Å²) in [6, 6.07) is 6.73. The van der Waals surface area contributed by atoms with E-state index < -0.39 is 0 Å². The summed E-state index contributed by atoms with van der Waals surface area (Å²) in [6.07, 6.45) is 0. The van der Waals surface area contributed by atoms with Gasteiger partial charge in [-0.2, -0.15) is 0 Å². The van der Waals surface area contributed by atoms with Crippen LogP contribution in [0.4, 0.5) is 0 Å². The predicted octanol–water partition coefficient (Wildman–Crippen LogP) is 3.12. The fourth-order valence-corrected chi connectivity index (χ4v) is 2.57. The maximum Gasteiger partial charge on any atom is 0.0593 e. The molecule has 0 heterocycles. The number of ether oxygens (including phenoxy) is 1. The Morgan fingerprint density at radius 1 is 1.37 bits per heavy atom. The van der Waals surface area contributed by atoms with E-state index in [0.717, 1.165) is 30.8 Å². The van der Waals surface area contributed by atoms with Crippen LogP contribution in [0.2, 0.25) is 0 Å². The highest BCUT2D eigenvalue weighted by molar-refractivity contribution is 9.10. The summed E-state index contributed by atoms with van der Waals surface area (Å²) in [5, 5.41) is 0. The Morgan fingerprint density at radius 2 is 2.11 bits per heavy atom. The van der Waals surface area contributed by atoms with E-state index in [4.69, 9.17) is 10.5 Å². The molecule has 1 atom stereocenters. The first kappa shape index (κ1) is 16.6. The van der Waals surface area contributed by atoms with E-state index in [1.54, 1.807) is 0 Å². The molecule has 3 nitrogen and oxygen atoms in total. The molecule has 0 saturated heterocycles. The van der Waals surface area contributed by atoms with Gasteiger partial charge in [0.1, 0.15) is 0 Å². The number of hydrogen-bond donors (Lipinski definition) is 1. The minimum atomic E-state index is 0.252. The molecule has 2 N–H and O–H groups in total. The van der Waals surface area contributed by atoms with Gasteiger partial charge in [0.25, 0.3) is 0 Å². The van der Waals surface area contributed by atoms with Crippen molar-refractivity contribution in [2.75, 3.05) is 32.8 Å². The Bertz CT molecular complexity index is 384. The van der Waals surface area contributed by atoms with E-state index in [9.17, 15) is 0 Å². The largest absolute Gasteiger partial charge is 0.380 e.